The van der Waals surface area contributed by atoms with Gasteiger partial charge in [0, 0.05) is 34.0 Å². The maximum Gasteiger partial charge on any atom is 0.220 e. The molecule has 7 rings (SSSR count). The number of aromatic nitrogens is 3. The number of phenols is 1. The van der Waals surface area contributed by atoms with Gasteiger partial charge in [-0.25, -0.2) is 9.97 Å². The van der Waals surface area contributed by atoms with Gasteiger partial charge in [0.25, 0.3) is 0 Å². The van der Waals surface area contributed by atoms with E-state index in [1.54, 1.807) is 0 Å². The Kier molecular flexibility index (Phi) is 5.15. The summed E-state index contributed by atoms with van der Waals surface area (Å²) in [5.41, 5.74) is 6.95. The van der Waals surface area contributed by atoms with Crippen molar-refractivity contribution >= 4 is 32.7 Å². The van der Waals surface area contributed by atoms with Crippen LogP contribution < -0.4 is 4.74 Å². The second kappa shape index (κ2) is 8.59. The van der Waals surface area contributed by atoms with Crippen molar-refractivity contribution in [3.63, 3.8) is 0 Å². The summed E-state index contributed by atoms with van der Waals surface area (Å²) in [6.45, 7) is 6.03. The van der Waals surface area contributed by atoms with Crippen molar-refractivity contribution in [2.45, 2.75) is 46.0 Å². The molecule has 6 aromatic rings. The summed E-state index contributed by atoms with van der Waals surface area (Å²) >= 11 is 0. The zero-order valence-corrected chi connectivity index (χ0v) is 21.8. The van der Waals surface area contributed by atoms with E-state index >= 15 is 0 Å². The van der Waals surface area contributed by atoms with Crippen molar-refractivity contribution in [3.8, 4) is 23.2 Å². The molecule has 3 aromatic carbocycles. The molecular formula is C33H29N3O2. The fraction of sp³-hybridized carbons (Fsp3) is 0.212. The van der Waals surface area contributed by atoms with Crippen LogP contribution in [-0.4, -0.2) is 19.6 Å². The predicted octanol–water partition coefficient (Wildman–Crippen LogP) is 8.42. The lowest BCUT2D eigenvalue weighted by Gasteiger charge is -2.27. The van der Waals surface area contributed by atoms with Gasteiger partial charge in [0.1, 0.15) is 22.8 Å². The summed E-state index contributed by atoms with van der Waals surface area (Å²) in [5.74, 6) is 2.79. The van der Waals surface area contributed by atoms with Crippen molar-refractivity contribution in [2.75, 3.05) is 0 Å². The van der Waals surface area contributed by atoms with Crippen LogP contribution in [0.5, 0.6) is 17.4 Å². The van der Waals surface area contributed by atoms with E-state index in [4.69, 9.17) is 14.7 Å². The van der Waals surface area contributed by atoms with Gasteiger partial charge in [0.2, 0.25) is 5.88 Å². The molecule has 0 saturated heterocycles. The highest BCUT2D eigenvalue weighted by Gasteiger charge is 2.24. The summed E-state index contributed by atoms with van der Waals surface area (Å²) in [6.07, 6.45) is 3.54. The van der Waals surface area contributed by atoms with Crippen molar-refractivity contribution in [1.82, 2.24) is 14.5 Å². The average Bonchev–Trinajstić information content (AvgIpc) is 3.18. The third kappa shape index (κ3) is 3.61. The minimum atomic E-state index is 0.227. The van der Waals surface area contributed by atoms with Crippen LogP contribution in [0.25, 0.3) is 38.5 Å². The van der Waals surface area contributed by atoms with E-state index in [9.17, 15) is 5.11 Å². The Hall–Kier alpha value is -4.38. The molecule has 0 atom stereocenters. The molecule has 3 heterocycles. The van der Waals surface area contributed by atoms with Gasteiger partial charge in [-0.15, -0.1) is 0 Å². The molecule has 0 amide bonds. The number of ether oxygens (including phenoxy) is 1. The topological polar surface area (TPSA) is 60.2 Å². The molecule has 0 unspecified atom stereocenters. The van der Waals surface area contributed by atoms with Crippen LogP contribution in [-0.2, 0) is 0 Å². The Morgan fingerprint density at radius 3 is 2.34 bits per heavy atom. The van der Waals surface area contributed by atoms with E-state index < -0.39 is 0 Å². The van der Waals surface area contributed by atoms with Gasteiger partial charge in [-0.3, -0.25) is 4.57 Å². The number of hydrogen-bond donors (Lipinski definition) is 1. The minimum absolute atomic E-state index is 0.227. The Morgan fingerprint density at radius 2 is 1.58 bits per heavy atom. The highest BCUT2D eigenvalue weighted by molar-refractivity contribution is 6.09. The van der Waals surface area contributed by atoms with E-state index in [0.29, 0.717) is 23.1 Å². The fourth-order valence-corrected chi connectivity index (χ4v) is 5.68. The lowest BCUT2D eigenvalue weighted by molar-refractivity contribution is 0.416. The summed E-state index contributed by atoms with van der Waals surface area (Å²) in [5, 5.41) is 14.2. The van der Waals surface area contributed by atoms with E-state index in [1.165, 1.54) is 22.9 Å². The number of benzene rings is 3. The number of hydrogen-bond acceptors (Lipinski definition) is 4. The largest absolute Gasteiger partial charge is 0.505 e. The van der Waals surface area contributed by atoms with Crippen LogP contribution in [0.4, 0.5) is 0 Å². The van der Waals surface area contributed by atoms with Crippen molar-refractivity contribution in [2.24, 2.45) is 0 Å². The molecule has 5 heteroatoms. The number of rotatable bonds is 4. The van der Waals surface area contributed by atoms with Crippen LogP contribution in [0, 0.1) is 20.8 Å². The van der Waals surface area contributed by atoms with Crippen LogP contribution >= 0.6 is 0 Å². The quantitative estimate of drug-likeness (QED) is 0.264. The highest BCUT2D eigenvalue weighted by atomic mass is 16.5. The average molecular weight is 500 g/mol. The standard InChI is InChI=1S/C33H29N3O2/c1-19-10-13-24-25-15-12-23(17-29(25)36(28(24)16-19)30-9-4-6-21(3)34-30)38-31-18-27(22-7-5-8-22)26-14-11-20(2)33(37)32(26)35-31/h4,6,9-18,22,37H,5,7-8H2,1-3H3. The number of aryl methyl sites for hydroxylation is 3. The van der Waals surface area contributed by atoms with Gasteiger partial charge in [-0.05, 0) is 86.6 Å². The van der Waals surface area contributed by atoms with Crippen LogP contribution in [0.15, 0.2) is 72.8 Å². The summed E-state index contributed by atoms with van der Waals surface area (Å²) in [7, 11) is 0. The zero-order valence-electron chi connectivity index (χ0n) is 21.8. The van der Waals surface area contributed by atoms with Crippen molar-refractivity contribution in [3.05, 3.63) is 95.2 Å². The molecule has 0 spiro atoms. The van der Waals surface area contributed by atoms with Crippen LogP contribution in [0.2, 0.25) is 0 Å². The minimum Gasteiger partial charge on any atom is -0.505 e. The lowest BCUT2D eigenvalue weighted by Crippen LogP contribution is -2.10. The number of aromatic hydroxyl groups is 1. The second-order valence-electron chi connectivity index (χ2n) is 10.6. The lowest BCUT2D eigenvalue weighted by atomic mass is 9.79. The first-order chi connectivity index (χ1) is 18.5. The zero-order chi connectivity index (χ0) is 26.0. The molecular weight excluding hydrogens is 470 g/mol. The van der Waals surface area contributed by atoms with Gasteiger partial charge in [0.15, 0.2) is 0 Å². The summed E-state index contributed by atoms with van der Waals surface area (Å²) < 4.78 is 8.64. The maximum atomic E-state index is 10.8. The fourth-order valence-electron chi connectivity index (χ4n) is 5.68. The molecule has 1 N–H and O–H groups in total. The third-order valence-electron chi connectivity index (χ3n) is 7.93. The van der Waals surface area contributed by atoms with Crippen molar-refractivity contribution < 1.29 is 9.84 Å². The molecule has 0 bridgehead atoms. The predicted molar refractivity (Wildman–Crippen MR) is 153 cm³/mol. The first-order valence-corrected chi connectivity index (χ1v) is 13.3. The molecule has 1 saturated carbocycles. The molecule has 38 heavy (non-hydrogen) atoms. The van der Waals surface area contributed by atoms with Crippen LogP contribution in [0.3, 0.4) is 0 Å². The highest BCUT2D eigenvalue weighted by Crippen LogP contribution is 2.43. The Morgan fingerprint density at radius 1 is 0.816 bits per heavy atom. The van der Waals surface area contributed by atoms with Gasteiger partial charge in [-0.1, -0.05) is 36.8 Å². The molecule has 5 nitrogen and oxygen atoms in total. The Bertz CT molecular complexity index is 1880. The Balaban J connectivity index is 1.40. The number of pyridine rings is 2. The first kappa shape index (κ1) is 22.8. The monoisotopic (exact) mass is 499 g/mol. The molecule has 188 valence electrons. The molecule has 3 aromatic heterocycles. The number of fused-ring (bicyclic) bond motifs is 4. The molecule has 0 aliphatic heterocycles. The maximum absolute atomic E-state index is 10.8. The second-order valence-corrected chi connectivity index (χ2v) is 10.6. The van der Waals surface area contributed by atoms with Gasteiger partial charge in [0.05, 0.1) is 11.0 Å². The molecule has 0 radical (unpaired) electrons. The molecule has 1 fully saturated rings. The van der Waals surface area contributed by atoms with E-state index in [0.717, 1.165) is 51.7 Å². The van der Waals surface area contributed by atoms with Gasteiger partial charge < -0.3 is 9.84 Å². The first-order valence-electron chi connectivity index (χ1n) is 13.3. The Labute approximate surface area is 221 Å². The van der Waals surface area contributed by atoms with E-state index in [-0.39, 0.29) is 5.75 Å². The summed E-state index contributed by atoms with van der Waals surface area (Å²) in [6, 6.07) is 24.9. The summed E-state index contributed by atoms with van der Waals surface area (Å²) in [4.78, 5) is 9.61. The number of nitrogens with zero attached hydrogens (tertiary/aromatic N) is 3. The third-order valence-corrected chi connectivity index (χ3v) is 7.93. The van der Waals surface area contributed by atoms with E-state index in [2.05, 4.69) is 54.0 Å². The normalized spacial score (nSPS) is 13.9. The van der Waals surface area contributed by atoms with Crippen molar-refractivity contribution in [1.29, 1.82) is 0 Å². The van der Waals surface area contributed by atoms with Crippen LogP contribution in [0.1, 0.15) is 47.6 Å². The smallest absolute Gasteiger partial charge is 0.220 e. The molecule has 1 aliphatic carbocycles. The van der Waals surface area contributed by atoms with E-state index in [1.807, 2.05) is 44.2 Å². The van der Waals surface area contributed by atoms with Gasteiger partial charge in [-0.2, -0.15) is 0 Å². The SMILES string of the molecule is Cc1ccc2c3ccc(Oc4cc(C5CCC5)c5ccc(C)c(O)c5n4)cc3n(-c3cccc(C)n3)c2c1. The number of phenolic OH excluding ortho intramolecular Hbond substituents is 1. The van der Waals surface area contributed by atoms with Gasteiger partial charge >= 0.3 is 0 Å². The molecule has 1 aliphatic rings.